The van der Waals surface area contributed by atoms with E-state index in [2.05, 4.69) is 11.6 Å². The first-order valence-electron chi connectivity index (χ1n) is 6.64. The number of aryl methyl sites for hydroxylation is 1. The van der Waals surface area contributed by atoms with Gasteiger partial charge in [0.25, 0.3) is 5.56 Å². The van der Waals surface area contributed by atoms with Crippen LogP contribution in [0.2, 0.25) is 0 Å². The van der Waals surface area contributed by atoms with Gasteiger partial charge in [0.15, 0.2) is 0 Å². The lowest BCUT2D eigenvalue weighted by Crippen LogP contribution is -2.31. The molecule has 0 aliphatic heterocycles. The van der Waals surface area contributed by atoms with Crippen molar-refractivity contribution in [1.29, 1.82) is 0 Å². The van der Waals surface area contributed by atoms with E-state index in [0.29, 0.717) is 23.4 Å². The molecule has 1 N–H and O–H groups in total. The molecule has 0 spiro atoms. The predicted octanol–water partition coefficient (Wildman–Crippen LogP) is 1.37. The average molecular weight is 300 g/mol. The monoisotopic (exact) mass is 300 g/mol. The highest BCUT2D eigenvalue weighted by atomic mass is 16.5. The normalized spacial score (nSPS) is 10.3. The smallest absolute Gasteiger partial charge is 0.338 e. The summed E-state index contributed by atoms with van der Waals surface area (Å²) in [4.78, 5) is 36.7. The van der Waals surface area contributed by atoms with Crippen LogP contribution in [0.25, 0.3) is 0 Å². The number of ether oxygens (including phenoxy) is 1. The van der Waals surface area contributed by atoms with Crippen molar-refractivity contribution in [2.45, 2.75) is 20.4 Å². The van der Waals surface area contributed by atoms with Gasteiger partial charge in [0.2, 0.25) is 0 Å². The molecule has 0 bridgehead atoms. The standard InChI is InChI=1S/C16H16N2O4/c1-10(2)15(20)22-13-6-4-12(5-7-13)9-18-8-11(3)14(19)17-16(18)21/h4-8H,1,9H2,2-3H3,(H,17,19,21). The van der Waals surface area contributed by atoms with Gasteiger partial charge in [0.05, 0.1) is 6.54 Å². The van der Waals surface area contributed by atoms with E-state index in [4.69, 9.17) is 4.74 Å². The van der Waals surface area contributed by atoms with Crippen LogP contribution >= 0.6 is 0 Å². The molecule has 0 atom stereocenters. The lowest BCUT2D eigenvalue weighted by atomic mass is 10.2. The number of nitrogens with zero attached hydrogens (tertiary/aromatic N) is 1. The molecule has 0 unspecified atom stereocenters. The molecule has 0 aliphatic carbocycles. The number of esters is 1. The van der Waals surface area contributed by atoms with Gasteiger partial charge in [-0.3, -0.25) is 14.3 Å². The molecule has 1 aromatic carbocycles. The molecule has 6 nitrogen and oxygen atoms in total. The van der Waals surface area contributed by atoms with E-state index in [0.717, 1.165) is 5.56 Å². The minimum atomic E-state index is -0.486. The van der Waals surface area contributed by atoms with Gasteiger partial charge in [0, 0.05) is 17.3 Å². The number of nitrogens with one attached hydrogen (secondary N) is 1. The summed E-state index contributed by atoms with van der Waals surface area (Å²) in [6.45, 7) is 7.02. The highest BCUT2D eigenvalue weighted by Gasteiger charge is 2.06. The van der Waals surface area contributed by atoms with Crippen molar-refractivity contribution >= 4 is 5.97 Å². The lowest BCUT2D eigenvalue weighted by Gasteiger charge is -2.08. The Morgan fingerprint density at radius 2 is 1.91 bits per heavy atom. The second-order valence-electron chi connectivity index (χ2n) is 5.01. The van der Waals surface area contributed by atoms with Crippen molar-refractivity contribution in [3.8, 4) is 5.75 Å². The first-order valence-corrected chi connectivity index (χ1v) is 6.64. The minimum absolute atomic E-state index is 0.311. The Hall–Kier alpha value is -2.89. The van der Waals surface area contributed by atoms with Crippen LogP contribution in [0.5, 0.6) is 5.75 Å². The van der Waals surface area contributed by atoms with E-state index in [1.165, 1.54) is 10.8 Å². The molecule has 1 heterocycles. The Morgan fingerprint density at radius 3 is 2.50 bits per heavy atom. The maximum Gasteiger partial charge on any atom is 0.338 e. The van der Waals surface area contributed by atoms with Gasteiger partial charge in [-0.1, -0.05) is 18.7 Å². The molecular weight excluding hydrogens is 284 g/mol. The van der Waals surface area contributed by atoms with Gasteiger partial charge in [0.1, 0.15) is 5.75 Å². The van der Waals surface area contributed by atoms with Crippen molar-refractivity contribution < 1.29 is 9.53 Å². The molecule has 0 radical (unpaired) electrons. The molecule has 0 aliphatic rings. The lowest BCUT2D eigenvalue weighted by molar-refractivity contribution is -0.130. The summed E-state index contributed by atoms with van der Waals surface area (Å²) in [6, 6.07) is 6.77. The van der Waals surface area contributed by atoms with Crippen molar-refractivity contribution in [3.05, 3.63) is 74.6 Å². The van der Waals surface area contributed by atoms with E-state index in [-0.39, 0.29) is 5.56 Å². The Kier molecular flexibility index (Phi) is 4.41. The first kappa shape index (κ1) is 15.5. The quantitative estimate of drug-likeness (QED) is 0.525. The number of aromatic amines is 1. The molecular formula is C16H16N2O4. The first-order chi connectivity index (χ1) is 10.4. The predicted molar refractivity (Wildman–Crippen MR) is 82.1 cm³/mol. The Balaban J connectivity index is 2.17. The van der Waals surface area contributed by atoms with Crippen LogP contribution in [0, 0.1) is 6.92 Å². The minimum Gasteiger partial charge on any atom is -0.423 e. The fourth-order valence-electron chi connectivity index (χ4n) is 1.79. The van der Waals surface area contributed by atoms with Crippen LogP contribution in [-0.4, -0.2) is 15.5 Å². The summed E-state index contributed by atoms with van der Waals surface area (Å²) in [7, 11) is 0. The molecule has 6 heteroatoms. The van der Waals surface area contributed by atoms with Gasteiger partial charge in [-0.2, -0.15) is 0 Å². The fraction of sp³-hybridized carbons (Fsp3) is 0.188. The number of hydrogen-bond acceptors (Lipinski definition) is 4. The van der Waals surface area contributed by atoms with E-state index in [1.54, 1.807) is 38.1 Å². The fourth-order valence-corrected chi connectivity index (χ4v) is 1.79. The van der Waals surface area contributed by atoms with E-state index >= 15 is 0 Å². The molecule has 0 fully saturated rings. The second kappa shape index (κ2) is 6.26. The third kappa shape index (κ3) is 3.60. The maximum atomic E-state index is 11.7. The van der Waals surface area contributed by atoms with E-state index in [1.807, 2.05) is 0 Å². The summed E-state index contributed by atoms with van der Waals surface area (Å²) in [5.41, 5.74) is 0.770. The zero-order chi connectivity index (χ0) is 16.3. The van der Waals surface area contributed by atoms with Gasteiger partial charge >= 0.3 is 11.7 Å². The molecule has 0 saturated carbocycles. The van der Waals surface area contributed by atoms with Crippen molar-refractivity contribution in [2.75, 3.05) is 0 Å². The molecule has 0 saturated heterocycles. The summed E-state index contributed by atoms with van der Waals surface area (Å²) in [5, 5.41) is 0. The highest BCUT2D eigenvalue weighted by Crippen LogP contribution is 2.14. The van der Waals surface area contributed by atoms with Gasteiger partial charge in [-0.15, -0.1) is 0 Å². The van der Waals surface area contributed by atoms with Crippen LogP contribution in [0.3, 0.4) is 0 Å². The third-order valence-corrected chi connectivity index (χ3v) is 3.02. The van der Waals surface area contributed by atoms with Crippen molar-refractivity contribution in [3.63, 3.8) is 0 Å². The van der Waals surface area contributed by atoms with Gasteiger partial charge < -0.3 is 4.74 Å². The molecule has 22 heavy (non-hydrogen) atoms. The molecule has 114 valence electrons. The highest BCUT2D eigenvalue weighted by molar-refractivity contribution is 5.88. The summed E-state index contributed by atoms with van der Waals surface area (Å²) in [6.07, 6.45) is 1.51. The zero-order valence-corrected chi connectivity index (χ0v) is 12.4. The maximum absolute atomic E-state index is 11.7. The third-order valence-electron chi connectivity index (χ3n) is 3.02. The van der Waals surface area contributed by atoms with Crippen molar-refractivity contribution in [1.82, 2.24) is 9.55 Å². The van der Waals surface area contributed by atoms with Crippen LogP contribution in [0.4, 0.5) is 0 Å². The van der Waals surface area contributed by atoms with E-state index in [9.17, 15) is 14.4 Å². The topological polar surface area (TPSA) is 81.2 Å². The molecule has 0 amide bonds. The molecule has 1 aromatic heterocycles. The number of carbonyl (C=O) groups excluding carboxylic acids is 1. The number of H-pyrrole nitrogens is 1. The number of rotatable bonds is 4. The Bertz CT molecular complexity index is 828. The average Bonchev–Trinajstić information content (AvgIpc) is 2.46. The molecule has 2 aromatic rings. The largest absolute Gasteiger partial charge is 0.423 e. The van der Waals surface area contributed by atoms with Crippen LogP contribution < -0.4 is 16.0 Å². The summed E-state index contributed by atoms with van der Waals surface area (Å²) < 4.78 is 6.49. The van der Waals surface area contributed by atoms with Crippen molar-refractivity contribution in [2.24, 2.45) is 0 Å². The number of benzene rings is 1. The number of hydrogen-bond donors (Lipinski definition) is 1. The zero-order valence-electron chi connectivity index (χ0n) is 12.4. The Morgan fingerprint density at radius 1 is 1.27 bits per heavy atom. The number of aromatic nitrogens is 2. The van der Waals surface area contributed by atoms with Gasteiger partial charge in [-0.05, 0) is 31.5 Å². The van der Waals surface area contributed by atoms with Crippen LogP contribution in [0.1, 0.15) is 18.1 Å². The Labute approximate surface area is 126 Å². The van der Waals surface area contributed by atoms with Gasteiger partial charge in [-0.25, -0.2) is 9.59 Å². The second-order valence-corrected chi connectivity index (χ2v) is 5.01. The summed E-state index contributed by atoms with van der Waals surface area (Å²) in [5.74, 6) is -0.0815. The number of carbonyl (C=O) groups is 1. The van der Waals surface area contributed by atoms with Crippen LogP contribution in [-0.2, 0) is 11.3 Å². The van der Waals surface area contributed by atoms with Crippen LogP contribution in [0.15, 0.2) is 52.2 Å². The molecule has 2 rings (SSSR count). The summed E-state index contributed by atoms with van der Waals surface area (Å²) >= 11 is 0. The van der Waals surface area contributed by atoms with E-state index < -0.39 is 11.7 Å². The SMILES string of the molecule is C=C(C)C(=O)Oc1ccc(Cn2cc(C)c(=O)[nH]c2=O)cc1.